The van der Waals surface area contributed by atoms with E-state index in [1.807, 2.05) is 19.0 Å². The summed E-state index contributed by atoms with van der Waals surface area (Å²) >= 11 is 0. The molecule has 7 nitrogen and oxygen atoms in total. The van der Waals surface area contributed by atoms with Crippen LogP contribution in [0, 0.1) is 17.8 Å². The van der Waals surface area contributed by atoms with E-state index < -0.39 is 24.5 Å². The Hall–Kier alpha value is -2.57. The van der Waals surface area contributed by atoms with Gasteiger partial charge in [0, 0.05) is 25.3 Å². The van der Waals surface area contributed by atoms with Crippen LogP contribution in [0.2, 0.25) is 0 Å². The Morgan fingerprint density at radius 1 is 1.00 bits per heavy atom. The Kier molecular flexibility index (Phi) is 5.23. The van der Waals surface area contributed by atoms with Crippen molar-refractivity contribution in [1.82, 2.24) is 10.6 Å². The van der Waals surface area contributed by atoms with Crippen molar-refractivity contribution in [2.45, 2.75) is 44.1 Å². The number of esters is 1. The Balaban J connectivity index is 1.24. The summed E-state index contributed by atoms with van der Waals surface area (Å²) in [6.45, 7) is -0.484. The minimum Gasteiger partial charge on any atom is -0.452 e. The van der Waals surface area contributed by atoms with E-state index >= 15 is 0 Å². The number of benzene rings is 1. The molecule has 0 aromatic heterocycles. The lowest BCUT2D eigenvalue weighted by atomic mass is 9.53. The lowest BCUT2D eigenvalue weighted by Gasteiger charge is -2.56. The second-order valence-electron chi connectivity index (χ2n) is 9.22. The molecule has 1 aromatic rings. The van der Waals surface area contributed by atoms with E-state index in [1.54, 1.807) is 24.3 Å². The molecule has 4 bridgehead atoms. The molecule has 0 saturated heterocycles. The van der Waals surface area contributed by atoms with E-state index in [0.29, 0.717) is 23.3 Å². The van der Waals surface area contributed by atoms with Crippen molar-refractivity contribution < 1.29 is 19.1 Å². The van der Waals surface area contributed by atoms with Crippen LogP contribution < -0.4 is 15.5 Å². The quantitative estimate of drug-likeness (QED) is 0.744. The molecule has 1 aromatic carbocycles. The molecule has 0 atom stereocenters. The van der Waals surface area contributed by atoms with Crippen LogP contribution in [0.4, 0.5) is 10.5 Å². The van der Waals surface area contributed by atoms with Crippen molar-refractivity contribution in [2.24, 2.45) is 17.8 Å². The predicted octanol–water partition coefficient (Wildman–Crippen LogP) is 2.70. The lowest BCUT2D eigenvalue weighted by Crippen LogP contribution is -2.62. The molecule has 2 N–H and O–H groups in total. The monoisotopic (exact) mass is 399 g/mol. The highest BCUT2D eigenvalue weighted by Crippen LogP contribution is 2.55. The fourth-order valence-electron chi connectivity index (χ4n) is 5.81. The smallest absolute Gasteiger partial charge is 0.338 e. The highest BCUT2D eigenvalue weighted by atomic mass is 16.5. The van der Waals surface area contributed by atoms with Gasteiger partial charge in [0.15, 0.2) is 6.61 Å². The number of nitrogens with zero attached hydrogens (tertiary/aromatic N) is 1. The summed E-state index contributed by atoms with van der Waals surface area (Å²) in [5, 5.41) is 5.39. The molecule has 4 fully saturated rings. The van der Waals surface area contributed by atoms with Crippen molar-refractivity contribution in [2.75, 3.05) is 25.6 Å². The molecule has 0 spiro atoms. The molecular weight excluding hydrogens is 370 g/mol. The highest BCUT2D eigenvalue weighted by molar-refractivity contribution is 5.97. The van der Waals surface area contributed by atoms with Gasteiger partial charge in [-0.05, 0) is 80.5 Å². The third kappa shape index (κ3) is 4.38. The number of rotatable bonds is 5. The highest BCUT2D eigenvalue weighted by Gasteiger charge is 2.51. The first-order valence-corrected chi connectivity index (χ1v) is 10.4. The van der Waals surface area contributed by atoms with Crippen LogP contribution >= 0.6 is 0 Å². The zero-order valence-electron chi connectivity index (χ0n) is 17.1. The SMILES string of the molecule is CN(C)c1ccc(C(=O)OCC(=O)NC(=O)NC23CC4CC(CC(C4)C2)C3)cc1. The number of anilines is 1. The van der Waals surface area contributed by atoms with E-state index in [2.05, 4.69) is 10.6 Å². The maximum atomic E-state index is 12.4. The second kappa shape index (κ2) is 7.69. The fraction of sp³-hybridized carbons (Fsp3) is 0.591. The van der Waals surface area contributed by atoms with Gasteiger partial charge in [0.1, 0.15) is 0 Å². The first-order valence-electron chi connectivity index (χ1n) is 10.4. The fourth-order valence-corrected chi connectivity index (χ4v) is 5.81. The van der Waals surface area contributed by atoms with Crippen LogP contribution in [0.3, 0.4) is 0 Å². The number of carbonyl (C=O) groups is 3. The molecule has 3 amide bonds. The predicted molar refractivity (Wildman–Crippen MR) is 109 cm³/mol. The van der Waals surface area contributed by atoms with Crippen molar-refractivity contribution in [3.8, 4) is 0 Å². The molecule has 4 saturated carbocycles. The summed E-state index contributed by atoms with van der Waals surface area (Å²) in [5.74, 6) is 0.906. The van der Waals surface area contributed by atoms with Crippen LogP contribution in [0.5, 0.6) is 0 Å². The summed E-state index contributed by atoms with van der Waals surface area (Å²) in [5.41, 5.74) is 1.16. The van der Waals surface area contributed by atoms with E-state index in [-0.39, 0.29) is 5.54 Å². The summed E-state index contributed by atoms with van der Waals surface area (Å²) in [6.07, 6.45) is 6.89. The molecule has 4 aliphatic carbocycles. The average Bonchev–Trinajstić information content (AvgIpc) is 2.64. The van der Waals surface area contributed by atoms with Crippen LogP contribution in [-0.2, 0) is 9.53 Å². The number of hydrogen-bond donors (Lipinski definition) is 2. The van der Waals surface area contributed by atoms with Gasteiger partial charge in [0.05, 0.1) is 5.56 Å². The summed E-state index contributed by atoms with van der Waals surface area (Å²) < 4.78 is 5.04. The number of urea groups is 1. The Morgan fingerprint density at radius 2 is 1.55 bits per heavy atom. The third-order valence-corrected chi connectivity index (χ3v) is 6.62. The van der Waals surface area contributed by atoms with Gasteiger partial charge in [-0.25, -0.2) is 9.59 Å². The molecule has 0 radical (unpaired) electrons. The zero-order valence-corrected chi connectivity index (χ0v) is 17.1. The molecule has 7 heteroatoms. The summed E-state index contributed by atoms with van der Waals surface area (Å²) in [7, 11) is 3.82. The van der Waals surface area contributed by atoms with Gasteiger partial charge in [-0.3, -0.25) is 10.1 Å². The number of nitrogens with one attached hydrogen (secondary N) is 2. The van der Waals surface area contributed by atoms with Crippen LogP contribution in [0.25, 0.3) is 0 Å². The number of ether oxygens (including phenoxy) is 1. The number of imide groups is 1. The first kappa shape index (κ1) is 19.7. The Labute approximate surface area is 171 Å². The molecule has 5 rings (SSSR count). The van der Waals surface area contributed by atoms with Crippen LogP contribution in [-0.4, -0.2) is 44.1 Å². The average molecular weight is 399 g/mol. The van der Waals surface area contributed by atoms with Gasteiger partial charge in [0.25, 0.3) is 5.91 Å². The van der Waals surface area contributed by atoms with E-state index in [4.69, 9.17) is 4.74 Å². The first-order chi connectivity index (χ1) is 13.8. The molecule has 0 heterocycles. The van der Waals surface area contributed by atoms with E-state index in [1.165, 1.54) is 19.3 Å². The summed E-state index contributed by atoms with van der Waals surface area (Å²) in [4.78, 5) is 38.4. The number of carbonyl (C=O) groups excluding carboxylic acids is 3. The molecule has 4 aliphatic rings. The van der Waals surface area contributed by atoms with Gasteiger partial charge < -0.3 is 15.0 Å². The van der Waals surface area contributed by atoms with Crippen molar-refractivity contribution >= 4 is 23.6 Å². The topological polar surface area (TPSA) is 87.7 Å². The number of amides is 3. The van der Waals surface area contributed by atoms with Crippen molar-refractivity contribution in [3.63, 3.8) is 0 Å². The van der Waals surface area contributed by atoms with Gasteiger partial charge in [-0.2, -0.15) is 0 Å². The third-order valence-electron chi connectivity index (χ3n) is 6.62. The van der Waals surface area contributed by atoms with Gasteiger partial charge in [0.2, 0.25) is 0 Å². The van der Waals surface area contributed by atoms with Crippen molar-refractivity contribution in [1.29, 1.82) is 0 Å². The van der Waals surface area contributed by atoms with Crippen LogP contribution in [0.1, 0.15) is 48.9 Å². The minimum absolute atomic E-state index is 0.163. The Bertz CT molecular complexity index is 767. The van der Waals surface area contributed by atoms with Crippen molar-refractivity contribution in [3.05, 3.63) is 29.8 Å². The second-order valence-corrected chi connectivity index (χ2v) is 9.22. The largest absolute Gasteiger partial charge is 0.452 e. The van der Waals surface area contributed by atoms with E-state index in [0.717, 1.165) is 24.9 Å². The van der Waals surface area contributed by atoms with Gasteiger partial charge >= 0.3 is 12.0 Å². The standard InChI is InChI=1S/C22H29N3O4/c1-25(2)18-5-3-17(4-6-18)20(27)29-13-19(26)23-21(28)24-22-10-14-7-15(11-22)9-16(8-14)12-22/h3-6,14-16H,7-13H2,1-2H3,(H2,23,24,26,28). The maximum Gasteiger partial charge on any atom is 0.338 e. The normalized spacial score (nSPS) is 29.2. The molecular formula is C22H29N3O4. The van der Waals surface area contributed by atoms with E-state index in [9.17, 15) is 14.4 Å². The Morgan fingerprint density at radius 3 is 2.07 bits per heavy atom. The zero-order chi connectivity index (χ0) is 20.6. The molecule has 0 unspecified atom stereocenters. The maximum absolute atomic E-state index is 12.4. The summed E-state index contributed by atoms with van der Waals surface area (Å²) in [6, 6.07) is 6.42. The minimum atomic E-state index is -0.620. The van der Waals surface area contributed by atoms with Gasteiger partial charge in [-0.1, -0.05) is 0 Å². The lowest BCUT2D eigenvalue weighted by molar-refractivity contribution is -0.123. The van der Waals surface area contributed by atoms with Gasteiger partial charge in [-0.15, -0.1) is 0 Å². The molecule has 156 valence electrons. The molecule has 0 aliphatic heterocycles. The van der Waals surface area contributed by atoms with Crippen LogP contribution in [0.15, 0.2) is 24.3 Å². The molecule has 29 heavy (non-hydrogen) atoms. The number of hydrogen-bond acceptors (Lipinski definition) is 5.